The molecule has 11 heteroatoms. The van der Waals surface area contributed by atoms with E-state index in [1.807, 2.05) is 5.32 Å². The second-order valence-corrected chi connectivity index (χ2v) is 5.31. The van der Waals surface area contributed by atoms with Crippen molar-refractivity contribution < 1.29 is 38.1 Å². The average molecular weight is 397 g/mol. The highest BCUT2D eigenvalue weighted by atomic mass is 16.5. The molecule has 0 atom stereocenters. The quantitative estimate of drug-likeness (QED) is 0.399. The Kier molecular flexibility index (Phi) is 9.23. The molecule has 1 rings (SSSR count). The number of carbonyl (C=O) groups is 4. The van der Waals surface area contributed by atoms with Crippen LogP contribution in [0.2, 0.25) is 0 Å². The third-order valence-electron chi connectivity index (χ3n) is 3.23. The first kappa shape index (κ1) is 22.7. The van der Waals surface area contributed by atoms with Gasteiger partial charge >= 0.3 is 12.0 Å². The second-order valence-electron chi connectivity index (χ2n) is 5.31. The van der Waals surface area contributed by atoms with Crippen LogP contribution in [0.25, 0.3) is 0 Å². The van der Waals surface area contributed by atoms with E-state index < -0.39 is 30.4 Å². The van der Waals surface area contributed by atoms with Gasteiger partial charge in [-0.2, -0.15) is 0 Å². The molecular formula is C17H23N3O8. The highest BCUT2D eigenvalue weighted by Gasteiger charge is 2.20. The Labute approximate surface area is 161 Å². The van der Waals surface area contributed by atoms with E-state index in [2.05, 4.69) is 10.6 Å². The summed E-state index contributed by atoms with van der Waals surface area (Å²) >= 11 is 0. The molecule has 0 saturated heterocycles. The van der Waals surface area contributed by atoms with Crippen molar-refractivity contribution >= 4 is 29.5 Å². The standard InChI is InChI=1S/C17H23N3O8/c1-10(21)19-12-8-14(27-4)13(26-3)7-11(12)16(23)28-9-15(22)20-17(24)18-5-6-25-2/h7-8H,5-6,9H2,1-4H3,(H,19,21)(H2,18,20,22,24). The molecule has 0 aliphatic rings. The van der Waals surface area contributed by atoms with Crippen molar-refractivity contribution in [3.63, 3.8) is 0 Å². The summed E-state index contributed by atoms with van der Waals surface area (Å²) in [6.45, 7) is 1.05. The molecule has 3 N–H and O–H groups in total. The lowest BCUT2D eigenvalue weighted by Crippen LogP contribution is -2.42. The molecular weight excluding hydrogens is 374 g/mol. The SMILES string of the molecule is COCCNC(=O)NC(=O)COC(=O)c1cc(OC)c(OC)cc1NC(C)=O. The highest BCUT2D eigenvalue weighted by molar-refractivity contribution is 6.03. The van der Waals surface area contributed by atoms with Crippen LogP contribution in [0.3, 0.4) is 0 Å². The van der Waals surface area contributed by atoms with Crippen LogP contribution >= 0.6 is 0 Å². The van der Waals surface area contributed by atoms with Gasteiger partial charge in [-0.15, -0.1) is 0 Å². The number of benzene rings is 1. The summed E-state index contributed by atoms with van der Waals surface area (Å²) < 4.78 is 19.9. The Hall–Kier alpha value is -3.34. The van der Waals surface area contributed by atoms with Gasteiger partial charge in [-0.1, -0.05) is 0 Å². The van der Waals surface area contributed by atoms with Crippen molar-refractivity contribution in [2.24, 2.45) is 0 Å². The van der Waals surface area contributed by atoms with Gasteiger partial charge in [0.25, 0.3) is 5.91 Å². The number of anilines is 1. The lowest BCUT2D eigenvalue weighted by Gasteiger charge is -2.14. The molecule has 154 valence electrons. The zero-order chi connectivity index (χ0) is 21.1. The van der Waals surface area contributed by atoms with E-state index in [-0.39, 0.29) is 35.9 Å². The average Bonchev–Trinajstić information content (AvgIpc) is 2.65. The summed E-state index contributed by atoms with van der Waals surface area (Å²) in [5.41, 5.74) is 0.0677. The van der Waals surface area contributed by atoms with Crippen LogP contribution in [0.15, 0.2) is 12.1 Å². The number of ether oxygens (including phenoxy) is 4. The number of rotatable bonds is 9. The van der Waals surface area contributed by atoms with Gasteiger partial charge in [0.1, 0.15) is 0 Å². The normalized spacial score (nSPS) is 9.86. The smallest absolute Gasteiger partial charge is 0.340 e. The van der Waals surface area contributed by atoms with Gasteiger partial charge in [0.2, 0.25) is 5.91 Å². The number of carbonyl (C=O) groups excluding carboxylic acids is 4. The summed E-state index contributed by atoms with van der Waals surface area (Å²) in [6, 6.07) is 1.95. The van der Waals surface area contributed by atoms with Crippen LogP contribution in [0.1, 0.15) is 17.3 Å². The molecule has 11 nitrogen and oxygen atoms in total. The molecule has 0 saturated carbocycles. The Morgan fingerprint density at radius 1 is 1.00 bits per heavy atom. The van der Waals surface area contributed by atoms with Crippen molar-refractivity contribution in [2.75, 3.05) is 46.4 Å². The summed E-state index contributed by atoms with van der Waals surface area (Å²) in [5.74, 6) is -1.64. The summed E-state index contributed by atoms with van der Waals surface area (Å²) in [4.78, 5) is 46.9. The van der Waals surface area contributed by atoms with Crippen molar-refractivity contribution in [2.45, 2.75) is 6.92 Å². The van der Waals surface area contributed by atoms with Crippen molar-refractivity contribution in [3.8, 4) is 11.5 Å². The fraction of sp³-hybridized carbons (Fsp3) is 0.412. The highest BCUT2D eigenvalue weighted by Crippen LogP contribution is 2.33. The molecule has 0 spiro atoms. The minimum Gasteiger partial charge on any atom is -0.493 e. The first-order chi connectivity index (χ1) is 13.3. The van der Waals surface area contributed by atoms with E-state index >= 15 is 0 Å². The van der Waals surface area contributed by atoms with Crippen LogP contribution in [0.4, 0.5) is 10.5 Å². The maximum Gasteiger partial charge on any atom is 0.340 e. The molecule has 0 fully saturated rings. The number of hydrogen-bond donors (Lipinski definition) is 3. The van der Waals surface area contributed by atoms with E-state index in [0.29, 0.717) is 0 Å². The number of imide groups is 1. The largest absolute Gasteiger partial charge is 0.493 e. The van der Waals surface area contributed by atoms with Gasteiger partial charge in [-0.25, -0.2) is 9.59 Å². The minimum absolute atomic E-state index is 0.0507. The molecule has 1 aromatic carbocycles. The topological polar surface area (TPSA) is 141 Å². The number of nitrogens with one attached hydrogen (secondary N) is 3. The monoisotopic (exact) mass is 397 g/mol. The van der Waals surface area contributed by atoms with Crippen molar-refractivity contribution in [1.29, 1.82) is 0 Å². The summed E-state index contributed by atoms with van der Waals surface area (Å²) in [6.07, 6.45) is 0. The number of esters is 1. The maximum absolute atomic E-state index is 12.3. The first-order valence-corrected chi connectivity index (χ1v) is 8.09. The predicted molar refractivity (Wildman–Crippen MR) is 97.5 cm³/mol. The Morgan fingerprint density at radius 2 is 1.64 bits per heavy atom. The molecule has 0 aromatic heterocycles. The maximum atomic E-state index is 12.3. The van der Waals surface area contributed by atoms with Gasteiger partial charge in [0.15, 0.2) is 18.1 Å². The molecule has 0 radical (unpaired) electrons. The Bertz CT molecular complexity index is 735. The molecule has 0 aliphatic carbocycles. The number of amides is 4. The lowest BCUT2D eigenvalue weighted by molar-refractivity contribution is -0.123. The van der Waals surface area contributed by atoms with Crippen LogP contribution in [-0.2, 0) is 19.1 Å². The van der Waals surface area contributed by atoms with Gasteiger partial charge < -0.3 is 29.6 Å². The Balaban J connectivity index is 2.80. The summed E-state index contributed by atoms with van der Waals surface area (Å²) in [5, 5.41) is 6.85. The van der Waals surface area contributed by atoms with Crippen LogP contribution in [0.5, 0.6) is 11.5 Å². The Morgan fingerprint density at radius 3 is 2.21 bits per heavy atom. The zero-order valence-electron chi connectivity index (χ0n) is 16.0. The minimum atomic E-state index is -0.903. The zero-order valence-corrected chi connectivity index (χ0v) is 16.0. The second kappa shape index (κ2) is 11.4. The molecule has 1 aromatic rings. The van der Waals surface area contributed by atoms with Gasteiger partial charge in [0, 0.05) is 32.7 Å². The molecule has 0 unspecified atom stereocenters. The van der Waals surface area contributed by atoms with Crippen molar-refractivity contribution in [1.82, 2.24) is 10.6 Å². The van der Waals surface area contributed by atoms with Crippen LogP contribution in [0, 0.1) is 0 Å². The van der Waals surface area contributed by atoms with Crippen molar-refractivity contribution in [3.05, 3.63) is 17.7 Å². The van der Waals surface area contributed by atoms with Crippen LogP contribution < -0.4 is 25.4 Å². The van der Waals surface area contributed by atoms with E-state index in [1.165, 1.54) is 40.4 Å². The van der Waals surface area contributed by atoms with E-state index in [4.69, 9.17) is 18.9 Å². The predicted octanol–water partition coefficient (Wildman–Crippen LogP) is 0.291. The molecule has 4 amide bonds. The van der Waals surface area contributed by atoms with E-state index in [9.17, 15) is 19.2 Å². The number of methoxy groups -OCH3 is 3. The molecule has 28 heavy (non-hydrogen) atoms. The first-order valence-electron chi connectivity index (χ1n) is 8.09. The van der Waals surface area contributed by atoms with Gasteiger partial charge in [-0.05, 0) is 0 Å². The molecule has 0 aliphatic heterocycles. The van der Waals surface area contributed by atoms with Gasteiger partial charge in [-0.3, -0.25) is 14.9 Å². The summed E-state index contributed by atoms with van der Waals surface area (Å²) in [7, 11) is 4.24. The molecule has 0 bridgehead atoms. The van der Waals surface area contributed by atoms with E-state index in [1.54, 1.807) is 0 Å². The fourth-order valence-corrected chi connectivity index (χ4v) is 2.02. The van der Waals surface area contributed by atoms with E-state index in [0.717, 1.165) is 0 Å². The molecule has 0 heterocycles. The third kappa shape index (κ3) is 7.11. The number of urea groups is 1. The number of hydrogen-bond acceptors (Lipinski definition) is 8. The fourth-order valence-electron chi connectivity index (χ4n) is 2.02. The van der Waals surface area contributed by atoms with Crippen LogP contribution in [-0.4, -0.2) is 64.9 Å². The lowest BCUT2D eigenvalue weighted by atomic mass is 10.1. The van der Waals surface area contributed by atoms with Gasteiger partial charge in [0.05, 0.1) is 32.1 Å². The third-order valence-corrected chi connectivity index (χ3v) is 3.23.